The molecule has 17 heavy (non-hydrogen) atoms. The largest absolute Gasteiger partial charge is 0.147 e. The summed E-state index contributed by atoms with van der Waals surface area (Å²) in [5.41, 5.74) is 0. The summed E-state index contributed by atoms with van der Waals surface area (Å²) in [6.07, 6.45) is 19.6. The quantitative estimate of drug-likeness (QED) is 0.562. The van der Waals surface area contributed by atoms with Crippen LogP contribution in [0.15, 0.2) is 0 Å². The molecule has 0 spiro atoms. The van der Waals surface area contributed by atoms with Crippen LogP contribution in [0.25, 0.3) is 0 Å². The fourth-order valence-corrected chi connectivity index (χ4v) is 19.7. The molecule has 0 bridgehead atoms. The second-order valence-electron chi connectivity index (χ2n) is 6.44. The molecule has 3 aliphatic carbocycles. The van der Waals surface area contributed by atoms with Crippen LogP contribution in [-0.2, 0) is 0 Å². The van der Waals surface area contributed by atoms with Crippen LogP contribution >= 0.6 is 12.4 Å². The molecule has 0 N–H and O–H groups in total. The van der Waals surface area contributed by atoms with Gasteiger partial charge in [-0.15, -0.1) is 12.4 Å². The summed E-state index contributed by atoms with van der Waals surface area (Å²) < 4.78 is 4.02. The minimum Gasteiger partial charge on any atom is -0.147 e. The maximum Gasteiger partial charge on any atom is -0.147 e. The Morgan fingerprint density at radius 3 is 0.941 bits per heavy atom. The molecule has 0 nitrogen and oxygen atoms in total. The molecule has 0 aliphatic heterocycles. The normalized spacial score (nSPS) is 28.1. The molecule has 2 heteroatoms. The molecular formula is C15H28ClSn. The van der Waals surface area contributed by atoms with Gasteiger partial charge in [0.15, 0.2) is 0 Å². The zero-order chi connectivity index (χ0) is 10.8. The van der Waals surface area contributed by atoms with Crippen molar-refractivity contribution in [2.24, 2.45) is 0 Å². The van der Waals surface area contributed by atoms with E-state index in [0.717, 1.165) is 0 Å². The van der Waals surface area contributed by atoms with Gasteiger partial charge in [-0.3, -0.25) is 0 Å². The van der Waals surface area contributed by atoms with Crippen LogP contribution in [-0.4, -0.2) is 19.8 Å². The average molecular weight is 363 g/mol. The van der Waals surface area contributed by atoms with Crippen molar-refractivity contribution in [1.29, 1.82) is 0 Å². The van der Waals surface area contributed by atoms with Crippen LogP contribution in [0.2, 0.25) is 11.8 Å². The SMILES string of the molecule is C1CC[CH]([Sn]([CH]2CCCC2)[CH]2CCCC2)C1.Cl. The molecule has 0 aromatic heterocycles. The molecule has 3 saturated carbocycles. The van der Waals surface area contributed by atoms with Crippen LogP contribution in [0.3, 0.4) is 0 Å². The molecule has 0 heterocycles. The first-order valence-electron chi connectivity index (χ1n) is 7.82. The first-order chi connectivity index (χ1) is 7.95. The van der Waals surface area contributed by atoms with Gasteiger partial charge in [-0.05, 0) is 0 Å². The van der Waals surface area contributed by atoms with Gasteiger partial charge in [0, 0.05) is 0 Å². The first-order valence-corrected chi connectivity index (χ1v) is 12.8. The number of rotatable bonds is 3. The third kappa shape index (κ3) is 3.35. The molecule has 3 rings (SSSR count). The summed E-state index contributed by atoms with van der Waals surface area (Å²) in [5, 5.41) is 0. The molecular weight excluding hydrogens is 334 g/mol. The maximum absolute atomic E-state index is 1.67. The Morgan fingerprint density at radius 2 is 0.706 bits per heavy atom. The fourth-order valence-electron chi connectivity index (χ4n) is 4.78. The smallest absolute Gasteiger partial charge is 0.147 e. The maximum atomic E-state index is 1.67. The topological polar surface area (TPSA) is 0 Å². The van der Waals surface area contributed by atoms with Crippen LogP contribution < -0.4 is 0 Å². The zero-order valence-corrected chi connectivity index (χ0v) is 14.8. The first kappa shape index (κ1) is 14.5. The van der Waals surface area contributed by atoms with Gasteiger partial charge in [0.25, 0.3) is 0 Å². The molecule has 0 aromatic rings. The molecule has 3 aliphatic rings. The standard InChI is InChI=1S/3C5H9.ClH.Sn/c3*1-2-4-5-3-1;;/h3*1H,2-5H2;1H;. The van der Waals surface area contributed by atoms with E-state index in [-0.39, 0.29) is 12.4 Å². The van der Waals surface area contributed by atoms with Crippen molar-refractivity contribution in [2.45, 2.75) is 88.9 Å². The Hall–Kier alpha value is 1.09. The summed E-state index contributed by atoms with van der Waals surface area (Å²) in [7, 11) is 0. The summed E-state index contributed by atoms with van der Waals surface area (Å²) in [6.45, 7) is 0. The fraction of sp³-hybridized carbons (Fsp3) is 1.00. The monoisotopic (exact) mass is 363 g/mol. The third-order valence-corrected chi connectivity index (χ3v) is 18.5. The summed E-state index contributed by atoms with van der Waals surface area (Å²) in [4.78, 5) is 0. The Balaban J connectivity index is 0.00000108. The average Bonchev–Trinajstić information content (AvgIpc) is 3.02. The predicted octanol–water partition coefficient (Wildman–Crippen LogP) is 5.74. The minimum absolute atomic E-state index is 0. The Bertz CT molecular complexity index is 175. The van der Waals surface area contributed by atoms with Gasteiger partial charge in [0.1, 0.15) is 0 Å². The minimum atomic E-state index is -1.04. The molecule has 0 atom stereocenters. The molecule has 1 radical (unpaired) electrons. The van der Waals surface area contributed by atoms with Gasteiger partial charge < -0.3 is 0 Å². The van der Waals surface area contributed by atoms with E-state index in [0.29, 0.717) is 0 Å². The van der Waals surface area contributed by atoms with Crippen molar-refractivity contribution in [3.63, 3.8) is 0 Å². The predicted molar refractivity (Wildman–Crippen MR) is 79.7 cm³/mol. The second kappa shape index (κ2) is 7.03. The van der Waals surface area contributed by atoms with Gasteiger partial charge >= 0.3 is 109 Å². The van der Waals surface area contributed by atoms with Crippen LogP contribution in [0, 0.1) is 0 Å². The third-order valence-electron chi connectivity index (χ3n) is 5.48. The Labute approximate surface area is 120 Å². The molecule has 0 unspecified atom stereocenters. The van der Waals surface area contributed by atoms with Gasteiger partial charge in [0.2, 0.25) is 0 Å². The molecule has 0 saturated heterocycles. The van der Waals surface area contributed by atoms with Crippen molar-refractivity contribution in [3.05, 3.63) is 0 Å². The van der Waals surface area contributed by atoms with Crippen LogP contribution in [0.5, 0.6) is 0 Å². The van der Waals surface area contributed by atoms with E-state index < -0.39 is 19.8 Å². The van der Waals surface area contributed by atoms with Gasteiger partial charge in [-0.2, -0.15) is 0 Å². The van der Waals surface area contributed by atoms with E-state index in [2.05, 4.69) is 0 Å². The van der Waals surface area contributed by atoms with Crippen molar-refractivity contribution in [2.75, 3.05) is 0 Å². The molecule has 0 aromatic carbocycles. The number of hydrogen-bond acceptors (Lipinski definition) is 0. The van der Waals surface area contributed by atoms with Crippen LogP contribution in [0.4, 0.5) is 0 Å². The van der Waals surface area contributed by atoms with Gasteiger partial charge in [-0.25, -0.2) is 0 Å². The van der Waals surface area contributed by atoms with Crippen molar-refractivity contribution >= 4 is 32.2 Å². The number of hydrogen-bond donors (Lipinski definition) is 0. The molecule has 0 amide bonds. The summed E-state index contributed by atoms with van der Waals surface area (Å²) in [6, 6.07) is 0. The number of halogens is 1. The van der Waals surface area contributed by atoms with Crippen molar-refractivity contribution < 1.29 is 0 Å². The second-order valence-corrected chi connectivity index (χ2v) is 16.3. The van der Waals surface area contributed by atoms with E-state index in [1.807, 2.05) is 0 Å². The van der Waals surface area contributed by atoms with E-state index >= 15 is 0 Å². The van der Waals surface area contributed by atoms with Crippen molar-refractivity contribution in [3.8, 4) is 0 Å². The van der Waals surface area contributed by atoms with E-state index in [9.17, 15) is 0 Å². The Kier molecular flexibility index (Phi) is 5.99. The van der Waals surface area contributed by atoms with E-state index in [1.54, 1.807) is 77.0 Å². The van der Waals surface area contributed by atoms with Gasteiger partial charge in [-0.1, -0.05) is 0 Å². The summed E-state index contributed by atoms with van der Waals surface area (Å²) in [5.74, 6) is 0. The van der Waals surface area contributed by atoms with E-state index in [1.165, 1.54) is 11.8 Å². The van der Waals surface area contributed by atoms with Crippen molar-refractivity contribution in [1.82, 2.24) is 0 Å². The van der Waals surface area contributed by atoms with Crippen LogP contribution in [0.1, 0.15) is 77.0 Å². The van der Waals surface area contributed by atoms with E-state index in [4.69, 9.17) is 0 Å². The molecule has 99 valence electrons. The summed E-state index contributed by atoms with van der Waals surface area (Å²) >= 11 is -1.04. The zero-order valence-electron chi connectivity index (χ0n) is 11.1. The Morgan fingerprint density at radius 1 is 0.471 bits per heavy atom. The molecule has 3 fully saturated rings. The van der Waals surface area contributed by atoms with Gasteiger partial charge in [0.05, 0.1) is 0 Å².